The second kappa shape index (κ2) is 4.44. The first-order valence-corrected chi connectivity index (χ1v) is 6.53. The summed E-state index contributed by atoms with van der Waals surface area (Å²) in [5.41, 5.74) is 0.691. The van der Waals surface area contributed by atoms with Gasteiger partial charge in [0.1, 0.15) is 5.69 Å². The number of aryl methyl sites for hydroxylation is 1. The Morgan fingerprint density at radius 3 is 2.80 bits per heavy atom. The molecule has 15 heavy (non-hydrogen) atoms. The molecule has 2 unspecified atom stereocenters. The summed E-state index contributed by atoms with van der Waals surface area (Å²) in [6, 6.07) is 0. The van der Waals surface area contributed by atoms with Crippen molar-refractivity contribution in [2.75, 3.05) is 0 Å². The predicted molar refractivity (Wildman–Crippen MR) is 62.3 cm³/mol. The van der Waals surface area contributed by atoms with E-state index >= 15 is 0 Å². The molecule has 0 saturated heterocycles. The summed E-state index contributed by atoms with van der Waals surface area (Å²) >= 11 is 1.57. The van der Waals surface area contributed by atoms with Gasteiger partial charge in [-0.3, -0.25) is 4.79 Å². The fraction of sp³-hybridized carbons (Fsp3) is 0.667. The third-order valence-corrected chi connectivity index (χ3v) is 4.09. The molecule has 2 rings (SSSR count). The molecule has 0 amide bonds. The number of Topliss-reactive ketones (excluding diaryl/α,β-unsaturated/α-hetero) is 1. The van der Waals surface area contributed by atoms with Crippen LogP contribution in [0, 0.1) is 18.8 Å². The number of ketones is 1. The van der Waals surface area contributed by atoms with Crippen LogP contribution in [-0.4, -0.2) is 10.8 Å². The summed E-state index contributed by atoms with van der Waals surface area (Å²) < 4.78 is 0. The standard InChI is InChI=1S/C12H17NOS/c1-8-5-3-4-6-10(8)12(14)11-7-15-9(2)13-11/h7-8,10H,3-6H2,1-2H3. The maximum Gasteiger partial charge on any atom is 0.185 e. The molecule has 0 aromatic carbocycles. The Labute approximate surface area is 94.7 Å². The van der Waals surface area contributed by atoms with Crippen molar-refractivity contribution < 1.29 is 4.79 Å². The summed E-state index contributed by atoms with van der Waals surface area (Å²) in [7, 11) is 0. The molecule has 1 aromatic heterocycles. The van der Waals surface area contributed by atoms with Crippen molar-refractivity contribution in [3.63, 3.8) is 0 Å². The summed E-state index contributed by atoms with van der Waals surface area (Å²) in [4.78, 5) is 16.5. The molecule has 0 aliphatic heterocycles. The van der Waals surface area contributed by atoms with Crippen molar-refractivity contribution >= 4 is 17.1 Å². The van der Waals surface area contributed by atoms with Crippen LogP contribution >= 0.6 is 11.3 Å². The Morgan fingerprint density at radius 2 is 2.20 bits per heavy atom. The van der Waals surface area contributed by atoms with Gasteiger partial charge in [0.15, 0.2) is 5.78 Å². The van der Waals surface area contributed by atoms with Crippen molar-refractivity contribution in [1.29, 1.82) is 0 Å². The Balaban J connectivity index is 2.13. The van der Waals surface area contributed by atoms with Crippen LogP contribution in [0.3, 0.4) is 0 Å². The fourth-order valence-corrected chi connectivity index (χ4v) is 2.97. The van der Waals surface area contributed by atoms with E-state index in [9.17, 15) is 4.79 Å². The fourth-order valence-electron chi connectivity index (χ4n) is 2.37. The lowest BCUT2D eigenvalue weighted by molar-refractivity contribution is 0.0832. The lowest BCUT2D eigenvalue weighted by Gasteiger charge is -2.26. The molecule has 1 saturated carbocycles. The molecule has 0 spiro atoms. The van der Waals surface area contributed by atoms with E-state index in [-0.39, 0.29) is 11.7 Å². The van der Waals surface area contributed by atoms with Gasteiger partial charge in [-0.05, 0) is 19.3 Å². The molecule has 1 heterocycles. The van der Waals surface area contributed by atoms with Crippen molar-refractivity contribution in [3.8, 4) is 0 Å². The van der Waals surface area contributed by atoms with Gasteiger partial charge >= 0.3 is 0 Å². The van der Waals surface area contributed by atoms with Crippen LogP contribution in [-0.2, 0) is 0 Å². The molecule has 0 radical (unpaired) electrons. The summed E-state index contributed by atoms with van der Waals surface area (Å²) in [6.45, 7) is 4.15. The highest BCUT2D eigenvalue weighted by atomic mass is 32.1. The van der Waals surface area contributed by atoms with Gasteiger partial charge in [-0.2, -0.15) is 0 Å². The minimum Gasteiger partial charge on any atom is -0.292 e. The van der Waals surface area contributed by atoms with Crippen LogP contribution in [0.15, 0.2) is 5.38 Å². The van der Waals surface area contributed by atoms with Gasteiger partial charge in [-0.1, -0.05) is 26.2 Å². The molecule has 3 heteroatoms. The lowest BCUT2D eigenvalue weighted by atomic mass is 9.77. The number of carbonyl (C=O) groups excluding carboxylic acids is 1. The minimum atomic E-state index is 0.222. The molecule has 2 atom stereocenters. The lowest BCUT2D eigenvalue weighted by Crippen LogP contribution is -2.25. The summed E-state index contributed by atoms with van der Waals surface area (Å²) in [6.07, 6.45) is 4.72. The van der Waals surface area contributed by atoms with Crippen LogP contribution in [0.25, 0.3) is 0 Å². The van der Waals surface area contributed by atoms with Gasteiger partial charge in [-0.15, -0.1) is 11.3 Å². The molecular formula is C12H17NOS. The second-order valence-corrected chi connectivity index (χ2v) is 5.55. The number of hydrogen-bond donors (Lipinski definition) is 0. The van der Waals surface area contributed by atoms with Gasteiger partial charge in [0.25, 0.3) is 0 Å². The van der Waals surface area contributed by atoms with Gasteiger partial charge < -0.3 is 0 Å². The zero-order chi connectivity index (χ0) is 10.8. The van der Waals surface area contributed by atoms with E-state index in [0.29, 0.717) is 11.6 Å². The molecule has 1 aliphatic carbocycles. The van der Waals surface area contributed by atoms with E-state index in [2.05, 4.69) is 11.9 Å². The number of thiazole rings is 1. The van der Waals surface area contributed by atoms with E-state index in [0.717, 1.165) is 11.4 Å². The van der Waals surface area contributed by atoms with Crippen molar-refractivity contribution in [2.24, 2.45) is 11.8 Å². The van der Waals surface area contributed by atoms with Gasteiger partial charge in [0.05, 0.1) is 5.01 Å². The maximum atomic E-state index is 12.2. The zero-order valence-corrected chi connectivity index (χ0v) is 10.1. The Bertz CT molecular complexity index is 358. The van der Waals surface area contributed by atoms with Crippen LogP contribution in [0.4, 0.5) is 0 Å². The monoisotopic (exact) mass is 223 g/mol. The van der Waals surface area contributed by atoms with Gasteiger partial charge in [0, 0.05) is 11.3 Å². The van der Waals surface area contributed by atoms with Crippen molar-refractivity contribution in [3.05, 3.63) is 16.1 Å². The van der Waals surface area contributed by atoms with Gasteiger partial charge in [0.2, 0.25) is 0 Å². The highest BCUT2D eigenvalue weighted by Crippen LogP contribution is 2.32. The Kier molecular flexibility index (Phi) is 3.19. The Morgan fingerprint density at radius 1 is 1.47 bits per heavy atom. The van der Waals surface area contributed by atoms with E-state index in [4.69, 9.17) is 0 Å². The highest BCUT2D eigenvalue weighted by molar-refractivity contribution is 7.09. The van der Waals surface area contributed by atoms with E-state index in [1.54, 1.807) is 11.3 Å². The molecule has 1 aliphatic rings. The summed E-state index contributed by atoms with van der Waals surface area (Å²) in [5, 5.41) is 2.89. The molecule has 2 nitrogen and oxygen atoms in total. The number of aromatic nitrogens is 1. The first kappa shape index (κ1) is 10.8. The third kappa shape index (κ3) is 2.28. The molecular weight excluding hydrogens is 206 g/mol. The topological polar surface area (TPSA) is 30.0 Å². The minimum absolute atomic E-state index is 0.222. The number of carbonyl (C=O) groups is 1. The molecule has 0 N–H and O–H groups in total. The van der Waals surface area contributed by atoms with E-state index < -0.39 is 0 Å². The highest BCUT2D eigenvalue weighted by Gasteiger charge is 2.29. The van der Waals surface area contributed by atoms with Crippen LogP contribution < -0.4 is 0 Å². The average Bonchev–Trinajstić information content (AvgIpc) is 2.65. The number of nitrogens with zero attached hydrogens (tertiary/aromatic N) is 1. The van der Waals surface area contributed by atoms with E-state index in [1.165, 1.54) is 19.3 Å². The first-order valence-electron chi connectivity index (χ1n) is 5.65. The largest absolute Gasteiger partial charge is 0.292 e. The van der Waals surface area contributed by atoms with Crippen LogP contribution in [0.2, 0.25) is 0 Å². The zero-order valence-electron chi connectivity index (χ0n) is 9.32. The molecule has 1 aromatic rings. The smallest absolute Gasteiger partial charge is 0.185 e. The SMILES string of the molecule is Cc1nc(C(=O)C2CCCCC2C)cs1. The molecule has 82 valence electrons. The van der Waals surface area contributed by atoms with E-state index in [1.807, 2.05) is 12.3 Å². The van der Waals surface area contributed by atoms with Crippen LogP contribution in [0.5, 0.6) is 0 Å². The molecule has 1 fully saturated rings. The normalized spacial score (nSPS) is 26.5. The van der Waals surface area contributed by atoms with Crippen molar-refractivity contribution in [1.82, 2.24) is 4.98 Å². The number of rotatable bonds is 2. The van der Waals surface area contributed by atoms with Crippen molar-refractivity contribution in [2.45, 2.75) is 39.5 Å². The third-order valence-electron chi connectivity index (χ3n) is 3.32. The molecule has 0 bridgehead atoms. The average molecular weight is 223 g/mol. The number of hydrogen-bond acceptors (Lipinski definition) is 3. The maximum absolute atomic E-state index is 12.2. The second-order valence-electron chi connectivity index (χ2n) is 4.48. The van der Waals surface area contributed by atoms with Crippen LogP contribution in [0.1, 0.15) is 48.1 Å². The Hall–Kier alpha value is -0.700. The predicted octanol–water partition coefficient (Wildman–Crippen LogP) is 3.46. The van der Waals surface area contributed by atoms with Gasteiger partial charge in [-0.25, -0.2) is 4.98 Å². The first-order chi connectivity index (χ1) is 7.18. The quantitative estimate of drug-likeness (QED) is 0.719. The summed E-state index contributed by atoms with van der Waals surface area (Å²) in [5.74, 6) is 1.03.